The number of unbranched alkanes of at least 4 members (excludes halogenated alkanes) is 2. The zero-order valence-electron chi connectivity index (χ0n) is 21.3. The maximum atomic E-state index is 13.6. The van der Waals surface area contributed by atoms with Gasteiger partial charge in [-0.25, -0.2) is 0 Å². The number of nitrogens with zero attached hydrogens (tertiary/aromatic N) is 2. The topological polar surface area (TPSA) is 101 Å². The van der Waals surface area contributed by atoms with Gasteiger partial charge in [0.1, 0.15) is 11.6 Å². The van der Waals surface area contributed by atoms with Crippen molar-refractivity contribution in [2.45, 2.75) is 50.3 Å². The summed E-state index contributed by atoms with van der Waals surface area (Å²) in [5.41, 5.74) is 7.76. The van der Waals surface area contributed by atoms with E-state index >= 15 is 0 Å². The molecule has 3 N–H and O–H groups in total. The van der Waals surface area contributed by atoms with Crippen LogP contribution in [0.2, 0.25) is 0 Å². The van der Waals surface area contributed by atoms with Gasteiger partial charge >= 0.3 is 0 Å². The summed E-state index contributed by atoms with van der Waals surface area (Å²) in [5, 5.41) is 7.74. The average molecular weight is 495 g/mol. The highest BCUT2D eigenvalue weighted by Gasteiger charge is 2.36. The molecule has 0 radical (unpaired) electrons. The zero-order chi connectivity index (χ0) is 25.5. The number of amidine groups is 1. The van der Waals surface area contributed by atoms with Gasteiger partial charge in [-0.1, -0.05) is 36.8 Å². The minimum absolute atomic E-state index is 0.0316. The predicted octanol–water partition coefficient (Wildman–Crippen LogP) is 3.73. The zero-order valence-corrected chi connectivity index (χ0v) is 21.3. The van der Waals surface area contributed by atoms with Crippen molar-refractivity contribution in [1.82, 2.24) is 4.90 Å². The molecule has 3 atom stereocenters. The van der Waals surface area contributed by atoms with Gasteiger partial charge in [-0.3, -0.25) is 15.1 Å². The van der Waals surface area contributed by atoms with Crippen molar-refractivity contribution in [3.05, 3.63) is 59.7 Å². The molecule has 8 heteroatoms. The van der Waals surface area contributed by atoms with E-state index in [0.717, 1.165) is 57.6 Å². The fraction of sp³-hybridized carbons (Fsp3) is 0.500. The summed E-state index contributed by atoms with van der Waals surface area (Å²) in [7, 11) is 3.53. The number of nitrogen functional groups attached to an aromatic ring is 1. The van der Waals surface area contributed by atoms with Crippen molar-refractivity contribution >= 4 is 17.4 Å². The Bertz CT molecular complexity index is 1030. The van der Waals surface area contributed by atoms with E-state index in [1.807, 2.05) is 35.2 Å². The number of para-hydroxylation sites is 2. The molecule has 1 fully saturated rings. The lowest BCUT2D eigenvalue weighted by molar-refractivity contribution is -0.126. The summed E-state index contributed by atoms with van der Waals surface area (Å²) in [6.07, 6.45) is 4.52. The number of carbonyl (C=O) groups is 1. The van der Waals surface area contributed by atoms with Crippen LogP contribution in [0.3, 0.4) is 0 Å². The summed E-state index contributed by atoms with van der Waals surface area (Å²) >= 11 is 0. The number of ether oxygens (including phenoxy) is 3. The van der Waals surface area contributed by atoms with Crippen LogP contribution in [0.5, 0.6) is 5.75 Å². The van der Waals surface area contributed by atoms with Crippen LogP contribution in [0, 0.1) is 5.41 Å². The Morgan fingerprint density at radius 3 is 2.39 bits per heavy atom. The third-order valence-electron chi connectivity index (χ3n) is 7.18. The predicted molar refractivity (Wildman–Crippen MR) is 141 cm³/mol. The van der Waals surface area contributed by atoms with E-state index in [0.29, 0.717) is 35.5 Å². The van der Waals surface area contributed by atoms with Crippen LogP contribution < -0.4 is 15.4 Å². The van der Waals surface area contributed by atoms with Crippen LogP contribution in [0.1, 0.15) is 49.3 Å². The summed E-state index contributed by atoms with van der Waals surface area (Å²) < 4.78 is 17.0. The third-order valence-corrected chi connectivity index (χ3v) is 7.18. The van der Waals surface area contributed by atoms with Gasteiger partial charge in [-0.15, -0.1) is 0 Å². The van der Waals surface area contributed by atoms with Crippen molar-refractivity contribution in [3.63, 3.8) is 0 Å². The highest BCUT2D eigenvalue weighted by atomic mass is 16.5. The highest BCUT2D eigenvalue weighted by Crippen LogP contribution is 2.39. The molecule has 0 spiro atoms. The Balaban J connectivity index is 1.39. The lowest BCUT2D eigenvalue weighted by Crippen LogP contribution is -2.42. The van der Waals surface area contributed by atoms with Crippen LogP contribution in [-0.4, -0.2) is 69.2 Å². The number of carbonyl (C=O) groups excluding carboxylic acids is 1. The molecule has 194 valence electrons. The van der Waals surface area contributed by atoms with Crippen LogP contribution in [0.4, 0.5) is 5.69 Å². The number of rotatable bonds is 12. The number of anilines is 1. The number of hydrogen-bond acceptors (Lipinski definition) is 6. The molecular weight excluding hydrogens is 456 g/mol. The smallest absolute Gasteiger partial charge is 0.272 e. The van der Waals surface area contributed by atoms with Crippen molar-refractivity contribution in [1.29, 1.82) is 5.41 Å². The highest BCUT2D eigenvalue weighted by molar-refractivity contribution is 6.01. The van der Waals surface area contributed by atoms with E-state index in [9.17, 15) is 4.79 Å². The Labute approximate surface area is 213 Å². The van der Waals surface area contributed by atoms with Crippen LogP contribution in [-0.2, 0) is 14.3 Å². The standard InChI is InChI=1S/C28H38N4O4/c1-34-18-22-13-14-23(19-35-2)31(22)15-6-3-7-16-32-24-11-4-5-12-25(24)36-26(28(32)33)20-9-8-10-21(17-20)27(29)30/h4-5,8-12,17,22-23,26H,3,6-7,13-16,18-19H2,1-2H3,(H3,29,30). The molecule has 0 aromatic heterocycles. The molecule has 0 bridgehead atoms. The third kappa shape index (κ3) is 5.88. The van der Waals surface area contributed by atoms with Gasteiger partial charge in [0.15, 0.2) is 0 Å². The molecule has 1 amide bonds. The largest absolute Gasteiger partial charge is 0.474 e. The van der Waals surface area contributed by atoms with E-state index in [4.69, 9.17) is 25.4 Å². The number of nitrogens with one attached hydrogen (secondary N) is 1. The molecule has 3 unspecified atom stereocenters. The van der Waals surface area contributed by atoms with E-state index < -0.39 is 6.10 Å². The van der Waals surface area contributed by atoms with Gasteiger partial charge in [0.05, 0.1) is 18.9 Å². The maximum absolute atomic E-state index is 13.6. The SMILES string of the molecule is COCC1CCC(COC)N1CCCCCN1C(=O)C(c2cccc(C(=N)N)c2)Oc2ccccc21. The van der Waals surface area contributed by atoms with Crippen LogP contribution in [0.25, 0.3) is 0 Å². The van der Waals surface area contributed by atoms with E-state index in [1.54, 1.807) is 32.4 Å². The number of hydrogen-bond donors (Lipinski definition) is 2. The first-order chi connectivity index (χ1) is 17.5. The van der Waals surface area contributed by atoms with Gasteiger partial charge in [0.2, 0.25) is 6.10 Å². The second kappa shape index (κ2) is 12.3. The first kappa shape index (κ1) is 26.1. The Kier molecular flexibility index (Phi) is 8.96. The van der Waals surface area contributed by atoms with E-state index in [1.165, 1.54) is 0 Å². The molecule has 2 aromatic carbocycles. The molecule has 1 saturated heterocycles. The second-order valence-corrected chi connectivity index (χ2v) is 9.59. The first-order valence-electron chi connectivity index (χ1n) is 12.8. The lowest BCUT2D eigenvalue weighted by Gasteiger charge is -2.35. The molecule has 2 heterocycles. The van der Waals surface area contributed by atoms with E-state index in [2.05, 4.69) is 4.90 Å². The first-order valence-corrected chi connectivity index (χ1v) is 12.8. The van der Waals surface area contributed by atoms with Crippen molar-refractivity contribution < 1.29 is 19.0 Å². The summed E-state index contributed by atoms with van der Waals surface area (Å²) in [5.74, 6) is 0.572. The number of amides is 1. The molecular formula is C28H38N4O4. The van der Waals surface area contributed by atoms with Crippen molar-refractivity contribution in [2.24, 2.45) is 5.73 Å². The minimum atomic E-state index is -0.756. The average Bonchev–Trinajstić information content (AvgIpc) is 3.26. The van der Waals surface area contributed by atoms with Gasteiger partial charge in [-0.05, 0) is 50.4 Å². The van der Waals surface area contributed by atoms with Crippen LogP contribution in [0.15, 0.2) is 48.5 Å². The molecule has 0 saturated carbocycles. The molecule has 4 rings (SSSR count). The summed E-state index contributed by atoms with van der Waals surface area (Å²) in [4.78, 5) is 17.9. The fourth-order valence-electron chi connectivity index (χ4n) is 5.39. The van der Waals surface area contributed by atoms with Crippen LogP contribution >= 0.6 is 0 Å². The lowest BCUT2D eigenvalue weighted by atomic mass is 10.0. The van der Waals surface area contributed by atoms with E-state index in [-0.39, 0.29) is 11.7 Å². The number of methoxy groups -OCH3 is 2. The van der Waals surface area contributed by atoms with Gasteiger partial charge < -0.3 is 24.8 Å². The summed E-state index contributed by atoms with van der Waals surface area (Å²) in [6.45, 7) is 3.15. The molecule has 2 aromatic rings. The normalized spacial score (nSPS) is 21.9. The Morgan fingerprint density at radius 2 is 1.69 bits per heavy atom. The molecule has 2 aliphatic heterocycles. The number of benzene rings is 2. The Hall–Kier alpha value is -2.94. The maximum Gasteiger partial charge on any atom is 0.272 e. The summed E-state index contributed by atoms with van der Waals surface area (Å²) in [6, 6.07) is 15.8. The second-order valence-electron chi connectivity index (χ2n) is 9.59. The van der Waals surface area contributed by atoms with Gasteiger partial charge in [0, 0.05) is 44.0 Å². The van der Waals surface area contributed by atoms with Crippen molar-refractivity contribution in [2.75, 3.05) is 45.4 Å². The quantitative estimate of drug-likeness (QED) is 0.265. The molecule has 36 heavy (non-hydrogen) atoms. The monoisotopic (exact) mass is 494 g/mol. The number of fused-ring (bicyclic) bond motifs is 1. The molecule has 8 nitrogen and oxygen atoms in total. The number of likely N-dealkylation sites (tertiary alicyclic amines) is 1. The Morgan fingerprint density at radius 1 is 1.00 bits per heavy atom. The van der Waals surface area contributed by atoms with Crippen molar-refractivity contribution in [3.8, 4) is 5.75 Å². The fourth-order valence-corrected chi connectivity index (χ4v) is 5.39. The molecule has 2 aliphatic rings. The van der Waals surface area contributed by atoms with Gasteiger partial charge in [-0.2, -0.15) is 0 Å². The van der Waals surface area contributed by atoms with Gasteiger partial charge in [0.25, 0.3) is 5.91 Å². The number of nitrogens with two attached hydrogens (primary N) is 1. The molecule has 0 aliphatic carbocycles. The minimum Gasteiger partial charge on any atom is -0.474 e.